The van der Waals surface area contributed by atoms with E-state index in [1.807, 2.05) is 18.2 Å². The Hall–Kier alpha value is -2.71. The maximum atomic E-state index is 15.5. The molecule has 3 aromatic carbocycles. The van der Waals surface area contributed by atoms with Crippen molar-refractivity contribution in [2.45, 2.75) is 253 Å². The fourth-order valence-electron chi connectivity index (χ4n) is 8.60. The van der Waals surface area contributed by atoms with Crippen molar-refractivity contribution in [3.05, 3.63) is 88.0 Å². The zero-order valence-electron chi connectivity index (χ0n) is 41.1. The molecule has 0 fully saturated rings. The van der Waals surface area contributed by atoms with Crippen molar-refractivity contribution in [2.24, 2.45) is 0 Å². The molecule has 0 aliphatic carbocycles. The average Bonchev–Trinajstić information content (AvgIpc) is 3.27. The van der Waals surface area contributed by atoms with E-state index in [2.05, 4.69) is 77.9 Å². The van der Waals surface area contributed by atoms with Crippen LogP contribution in [0, 0.1) is 0 Å². The quantitative estimate of drug-likeness (QED) is 0.0423. The first-order valence-electron chi connectivity index (χ1n) is 26.4. The zero-order valence-corrected chi connectivity index (χ0v) is 42.0. The topological polar surface area (TPSA) is 44.8 Å². The normalized spacial score (nSPS) is 11.6. The van der Waals surface area contributed by atoms with Gasteiger partial charge in [-0.15, -0.1) is 0 Å². The lowest BCUT2D eigenvalue weighted by atomic mass is 10.00. The van der Waals surface area contributed by atoms with Gasteiger partial charge in [-0.05, 0) is 129 Å². The van der Waals surface area contributed by atoms with E-state index in [9.17, 15) is 0 Å². The van der Waals surface area contributed by atoms with Crippen LogP contribution in [-0.4, -0.2) is 0 Å². The second kappa shape index (κ2) is 33.8. The first-order chi connectivity index (χ1) is 30.4. The Labute approximate surface area is 383 Å². The molecule has 3 aromatic rings. The number of aryl methyl sites for hydroxylation is 6. The van der Waals surface area contributed by atoms with Crippen LogP contribution in [0.4, 0.5) is 0 Å². The second-order valence-corrected chi connectivity index (χ2v) is 19.9. The monoisotopic (exact) mass is 873 g/mol. The van der Waals surface area contributed by atoms with Crippen LogP contribution in [0.1, 0.15) is 248 Å². The van der Waals surface area contributed by atoms with Crippen LogP contribution in [0.3, 0.4) is 0 Å². The lowest BCUT2D eigenvalue weighted by Gasteiger charge is -2.24. The Kier molecular flexibility index (Phi) is 29.2. The molecule has 0 heterocycles. The van der Waals surface area contributed by atoms with Crippen LogP contribution < -0.4 is 13.6 Å². The fourth-order valence-corrected chi connectivity index (χ4v) is 9.96. The van der Waals surface area contributed by atoms with Gasteiger partial charge in [0.25, 0.3) is 0 Å². The molecule has 5 heteroatoms. The van der Waals surface area contributed by atoms with E-state index in [1.54, 1.807) is 0 Å². The summed E-state index contributed by atoms with van der Waals surface area (Å²) in [5.74, 6) is 1.84. The van der Waals surface area contributed by atoms with Crippen molar-refractivity contribution < 1.29 is 18.1 Å². The van der Waals surface area contributed by atoms with Crippen LogP contribution in [0.25, 0.3) is 0 Å². The molecule has 350 valence electrons. The molecular weight excluding hydrogens is 780 g/mol. The van der Waals surface area contributed by atoms with E-state index in [-0.39, 0.29) is 0 Å². The van der Waals surface area contributed by atoms with Gasteiger partial charge in [-0.1, -0.05) is 213 Å². The van der Waals surface area contributed by atoms with Crippen molar-refractivity contribution in [1.82, 2.24) is 0 Å². The standard InChI is InChI=1S/C57H93O4P/c1-7-13-19-22-25-28-31-34-49-40-43-55(52(46-49)37-16-10-4)59-62(58,60-56-44-41-50(47-53(56)38-17-11-5)35-32-29-26-23-20-14-8-2)61-57-45-42-51(48-54(57)39-18-12-6)36-33-30-27-24-21-15-9-3/h40-48H,7-39H2,1-6H3. The van der Waals surface area contributed by atoms with Crippen LogP contribution in [0.15, 0.2) is 54.6 Å². The molecule has 0 atom stereocenters. The summed E-state index contributed by atoms with van der Waals surface area (Å²) in [7, 11) is -4.23. The minimum Gasteiger partial charge on any atom is -0.386 e. The summed E-state index contributed by atoms with van der Waals surface area (Å²) in [5, 5.41) is 0. The van der Waals surface area contributed by atoms with Crippen LogP contribution in [0.5, 0.6) is 17.2 Å². The molecule has 0 bridgehead atoms. The highest BCUT2D eigenvalue weighted by Gasteiger charge is 2.36. The van der Waals surface area contributed by atoms with E-state index in [1.165, 1.54) is 152 Å². The molecular formula is C57H93O4P. The van der Waals surface area contributed by atoms with E-state index in [0.717, 1.165) is 93.7 Å². The molecule has 0 amide bonds. The maximum Gasteiger partial charge on any atom is 0.647 e. The molecule has 4 nitrogen and oxygen atoms in total. The first-order valence-corrected chi connectivity index (χ1v) is 27.9. The number of phosphoric ester groups is 1. The van der Waals surface area contributed by atoms with Gasteiger partial charge in [0, 0.05) is 0 Å². The summed E-state index contributed by atoms with van der Waals surface area (Å²) in [5.41, 5.74) is 7.24. The summed E-state index contributed by atoms with van der Waals surface area (Å²) in [4.78, 5) is 0. The number of benzene rings is 3. The Balaban J connectivity index is 1.95. The molecule has 62 heavy (non-hydrogen) atoms. The molecule has 0 unspecified atom stereocenters. The highest BCUT2D eigenvalue weighted by atomic mass is 31.2. The molecule has 0 N–H and O–H groups in total. The van der Waals surface area contributed by atoms with Gasteiger partial charge in [0.15, 0.2) is 0 Å². The van der Waals surface area contributed by atoms with Crippen molar-refractivity contribution in [3.8, 4) is 17.2 Å². The lowest BCUT2D eigenvalue weighted by Crippen LogP contribution is -2.11. The predicted octanol–water partition coefficient (Wildman–Crippen LogP) is 19.2. The molecule has 0 aliphatic rings. The Bertz CT molecular complexity index is 1440. The van der Waals surface area contributed by atoms with E-state index in [4.69, 9.17) is 13.6 Å². The SMILES string of the molecule is CCCCCCCCCc1ccc(OP(=O)(Oc2ccc(CCCCCCCCC)cc2CCCC)Oc2ccc(CCCCCCCCC)cc2CCCC)c(CCCC)c1. The van der Waals surface area contributed by atoms with Crippen molar-refractivity contribution in [1.29, 1.82) is 0 Å². The van der Waals surface area contributed by atoms with Gasteiger partial charge in [-0.3, -0.25) is 0 Å². The van der Waals surface area contributed by atoms with Crippen molar-refractivity contribution >= 4 is 7.82 Å². The molecule has 0 saturated heterocycles. The third-order valence-corrected chi connectivity index (χ3v) is 13.9. The molecule has 0 saturated carbocycles. The number of hydrogen-bond donors (Lipinski definition) is 0. The van der Waals surface area contributed by atoms with Gasteiger partial charge in [0.1, 0.15) is 17.2 Å². The zero-order chi connectivity index (χ0) is 44.5. The number of hydrogen-bond acceptors (Lipinski definition) is 4. The summed E-state index contributed by atoms with van der Waals surface area (Å²) in [6, 6.07) is 19.5. The van der Waals surface area contributed by atoms with Crippen molar-refractivity contribution in [2.75, 3.05) is 0 Å². The van der Waals surface area contributed by atoms with Crippen LogP contribution in [-0.2, 0) is 43.1 Å². The Morgan fingerprint density at radius 2 is 0.548 bits per heavy atom. The smallest absolute Gasteiger partial charge is 0.386 e. The fraction of sp³-hybridized carbons (Fsp3) is 0.684. The minimum atomic E-state index is -4.23. The Morgan fingerprint density at radius 3 is 0.806 bits per heavy atom. The van der Waals surface area contributed by atoms with Gasteiger partial charge in [-0.2, -0.15) is 4.57 Å². The molecule has 0 spiro atoms. The third-order valence-electron chi connectivity index (χ3n) is 12.6. The van der Waals surface area contributed by atoms with Crippen molar-refractivity contribution in [3.63, 3.8) is 0 Å². The molecule has 0 radical (unpaired) electrons. The average molecular weight is 873 g/mol. The summed E-state index contributed by atoms with van der Waals surface area (Å²) in [6.45, 7) is 13.5. The van der Waals surface area contributed by atoms with E-state index in [0.29, 0.717) is 17.2 Å². The molecule has 0 aliphatic heterocycles. The van der Waals surface area contributed by atoms with Gasteiger partial charge in [0.05, 0.1) is 0 Å². The van der Waals surface area contributed by atoms with Gasteiger partial charge in [0.2, 0.25) is 0 Å². The summed E-state index contributed by atoms with van der Waals surface area (Å²) >= 11 is 0. The number of phosphoric acid groups is 1. The number of unbranched alkanes of at least 4 members (excludes halogenated alkanes) is 21. The van der Waals surface area contributed by atoms with Gasteiger partial charge in [-0.25, -0.2) is 0 Å². The first kappa shape index (κ1) is 53.6. The van der Waals surface area contributed by atoms with E-state index >= 15 is 4.57 Å². The van der Waals surface area contributed by atoms with E-state index < -0.39 is 7.82 Å². The highest BCUT2D eigenvalue weighted by molar-refractivity contribution is 7.49. The van der Waals surface area contributed by atoms with Crippen LogP contribution in [0.2, 0.25) is 0 Å². The maximum absolute atomic E-state index is 15.5. The predicted molar refractivity (Wildman–Crippen MR) is 270 cm³/mol. The molecule has 0 aromatic heterocycles. The third kappa shape index (κ3) is 22.3. The second-order valence-electron chi connectivity index (χ2n) is 18.5. The van der Waals surface area contributed by atoms with Gasteiger partial charge >= 0.3 is 7.82 Å². The minimum absolute atomic E-state index is 0.612. The van der Waals surface area contributed by atoms with Crippen LogP contribution >= 0.6 is 7.82 Å². The Morgan fingerprint density at radius 1 is 0.306 bits per heavy atom. The molecule has 3 rings (SSSR count). The highest BCUT2D eigenvalue weighted by Crippen LogP contribution is 2.52. The van der Waals surface area contributed by atoms with Gasteiger partial charge < -0.3 is 13.6 Å². The largest absolute Gasteiger partial charge is 0.647 e. The number of rotatable bonds is 39. The summed E-state index contributed by atoms with van der Waals surface area (Å²) in [6.07, 6.45) is 39.3. The summed E-state index contributed by atoms with van der Waals surface area (Å²) < 4.78 is 35.7. The lowest BCUT2D eigenvalue weighted by molar-refractivity contribution is 0.295.